The number of nitrogens with one attached hydrogen (secondary N) is 1. The summed E-state index contributed by atoms with van der Waals surface area (Å²) in [7, 11) is -1.66. The molecule has 0 bridgehead atoms. The largest absolute Gasteiger partial charge is 0.378 e. The van der Waals surface area contributed by atoms with E-state index in [1.54, 1.807) is 4.31 Å². The monoisotopic (exact) mass is 318 g/mol. The van der Waals surface area contributed by atoms with E-state index in [0.717, 1.165) is 10.4 Å². The number of hydrogen-bond acceptors (Lipinski definition) is 5. The Morgan fingerprint density at radius 3 is 2.80 bits per heavy atom. The van der Waals surface area contributed by atoms with Gasteiger partial charge in [-0.15, -0.1) is 11.3 Å². The average molecular weight is 318 g/mol. The quantitative estimate of drug-likeness (QED) is 0.915. The molecule has 1 N–H and O–H groups in total. The summed E-state index contributed by atoms with van der Waals surface area (Å²) in [6, 6.07) is 0. The molecule has 0 aliphatic carbocycles. The van der Waals surface area contributed by atoms with Gasteiger partial charge in [0, 0.05) is 18.0 Å². The highest BCUT2D eigenvalue weighted by molar-refractivity contribution is 7.89. The minimum absolute atomic E-state index is 0.406. The van der Waals surface area contributed by atoms with E-state index < -0.39 is 15.6 Å². The topological polar surface area (TPSA) is 58.6 Å². The van der Waals surface area contributed by atoms with Crippen LogP contribution in [0.15, 0.2) is 10.3 Å². The maximum absolute atomic E-state index is 13.0. The van der Waals surface area contributed by atoms with Crippen LogP contribution in [0.4, 0.5) is 0 Å². The lowest BCUT2D eigenvalue weighted by atomic mass is 10.1. The van der Waals surface area contributed by atoms with E-state index in [-0.39, 0.29) is 0 Å². The lowest BCUT2D eigenvalue weighted by Gasteiger charge is -2.40. The van der Waals surface area contributed by atoms with Gasteiger partial charge in [0.2, 0.25) is 10.0 Å². The molecule has 20 heavy (non-hydrogen) atoms. The molecule has 0 unspecified atom stereocenters. The summed E-state index contributed by atoms with van der Waals surface area (Å²) in [6.45, 7) is 7.52. The number of ether oxygens (including phenoxy) is 1. The van der Waals surface area contributed by atoms with Crippen LogP contribution in [0.2, 0.25) is 0 Å². The maximum Gasteiger partial charge on any atom is 0.245 e. The molecule has 1 aliphatic heterocycles. The second kappa shape index (κ2) is 5.73. The van der Waals surface area contributed by atoms with Crippen LogP contribution in [0.1, 0.15) is 24.3 Å². The zero-order valence-corrected chi connectivity index (χ0v) is 14.0. The molecule has 114 valence electrons. The van der Waals surface area contributed by atoms with E-state index in [2.05, 4.69) is 5.32 Å². The first-order valence-electron chi connectivity index (χ1n) is 6.63. The maximum atomic E-state index is 13.0. The van der Waals surface area contributed by atoms with E-state index in [1.807, 2.05) is 33.2 Å². The molecule has 2 heterocycles. The van der Waals surface area contributed by atoms with Crippen molar-refractivity contribution in [2.75, 3.05) is 26.8 Å². The first kappa shape index (κ1) is 15.9. The third kappa shape index (κ3) is 2.78. The molecule has 0 aromatic carbocycles. The van der Waals surface area contributed by atoms with Gasteiger partial charge < -0.3 is 10.1 Å². The van der Waals surface area contributed by atoms with Crippen LogP contribution < -0.4 is 5.32 Å². The molecule has 1 fully saturated rings. The molecule has 2 rings (SSSR count). The molecule has 5 nitrogen and oxygen atoms in total. The highest BCUT2D eigenvalue weighted by Crippen LogP contribution is 2.33. The Labute approximate surface area is 125 Å². The van der Waals surface area contributed by atoms with E-state index >= 15 is 0 Å². The lowest BCUT2D eigenvalue weighted by Crippen LogP contribution is -2.55. The molecule has 1 aromatic rings. The Bertz CT molecular complexity index is 578. The van der Waals surface area contributed by atoms with Crippen molar-refractivity contribution < 1.29 is 13.2 Å². The second-order valence-electron chi connectivity index (χ2n) is 5.64. The van der Waals surface area contributed by atoms with Gasteiger partial charge in [-0.3, -0.25) is 0 Å². The van der Waals surface area contributed by atoms with Gasteiger partial charge in [-0.05, 0) is 38.8 Å². The fourth-order valence-corrected chi connectivity index (χ4v) is 6.05. The van der Waals surface area contributed by atoms with Crippen molar-refractivity contribution in [2.45, 2.75) is 37.8 Å². The number of nitrogens with zero attached hydrogens (tertiary/aromatic N) is 1. The molecule has 0 atom stereocenters. The van der Waals surface area contributed by atoms with Crippen molar-refractivity contribution in [3.8, 4) is 0 Å². The first-order valence-corrected chi connectivity index (χ1v) is 8.95. The van der Waals surface area contributed by atoms with Crippen LogP contribution in [-0.2, 0) is 21.3 Å². The molecule has 0 amide bonds. The number of rotatable bonds is 4. The summed E-state index contributed by atoms with van der Waals surface area (Å²) in [6.07, 6.45) is 0. The van der Waals surface area contributed by atoms with Crippen molar-refractivity contribution in [3.05, 3.63) is 15.8 Å². The van der Waals surface area contributed by atoms with Crippen molar-refractivity contribution in [2.24, 2.45) is 0 Å². The molecule has 1 saturated heterocycles. The van der Waals surface area contributed by atoms with Gasteiger partial charge in [0.25, 0.3) is 0 Å². The van der Waals surface area contributed by atoms with E-state index in [0.29, 0.717) is 31.2 Å². The number of hydrogen-bond donors (Lipinski definition) is 1. The fourth-order valence-electron chi connectivity index (χ4n) is 2.52. The Balaban J connectivity index is 2.47. The van der Waals surface area contributed by atoms with Gasteiger partial charge in [-0.2, -0.15) is 4.31 Å². The summed E-state index contributed by atoms with van der Waals surface area (Å²) >= 11 is 1.49. The highest BCUT2D eigenvalue weighted by Gasteiger charge is 2.41. The molecule has 0 radical (unpaired) electrons. The predicted octanol–water partition coefficient (Wildman–Crippen LogP) is 1.58. The first-order chi connectivity index (χ1) is 9.30. The van der Waals surface area contributed by atoms with Crippen LogP contribution in [0.5, 0.6) is 0 Å². The summed E-state index contributed by atoms with van der Waals surface area (Å²) in [4.78, 5) is 1.33. The van der Waals surface area contributed by atoms with Crippen LogP contribution >= 0.6 is 11.3 Å². The van der Waals surface area contributed by atoms with Crippen molar-refractivity contribution in [3.63, 3.8) is 0 Å². The summed E-state index contributed by atoms with van der Waals surface area (Å²) in [5.41, 5.74) is 0.310. The van der Waals surface area contributed by atoms with Crippen LogP contribution in [0.3, 0.4) is 0 Å². The SMILES string of the molecule is CNCc1scc(C)c1S(=O)(=O)N1CCOCC1(C)C. The third-order valence-electron chi connectivity index (χ3n) is 3.44. The average Bonchev–Trinajstić information content (AvgIpc) is 2.70. The Morgan fingerprint density at radius 1 is 1.50 bits per heavy atom. The summed E-state index contributed by atoms with van der Waals surface area (Å²) in [5, 5.41) is 4.95. The number of aryl methyl sites for hydroxylation is 1. The minimum Gasteiger partial charge on any atom is -0.378 e. The Kier molecular flexibility index (Phi) is 4.56. The zero-order valence-electron chi connectivity index (χ0n) is 12.4. The Morgan fingerprint density at radius 2 is 2.20 bits per heavy atom. The molecule has 0 spiro atoms. The van der Waals surface area contributed by atoms with Crippen LogP contribution in [0.25, 0.3) is 0 Å². The van der Waals surface area contributed by atoms with Gasteiger partial charge in [0.15, 0.2) is 0 Å². The lowest BCUT2D eigenvalue weighted by molar-refractivity contribution is -0.00773. The van der Waals surface area contributed by atoms with E-state index in [4.69, 9.17) is 4.74 Å². The van der Waals surface area contributed by atoms with Gasteiger partial charge in [-0.1, -0.05) is 0 Å². The van der Waals surface area contributed by atoms with Crippen molar-refractivity contribution in [1.82, 2.24) is 9.62 Å². The third-order valence-corrected chi connectivity index (χ3v) is 7.02. The minimum atomic E-state index is -3.49. The van der Waals surface area contributed by atoms with Crippen molar-refractivity contribution >= 4 is 21.4 Å². The Hall–Kier alpha value is -0.470. The molecule has 7 heteroatoms. The van der Waals surface area contributed by atoms with Gasteiger partial charge >= 0.3 is 0 Å². The normalized spacial score (nSPS) is 20.2. The van der Waals surface area contributed by atoms with Crippen LogP contribution in [0, 0.1) is 6.92 Å². The number of sulfonamides is 1. The molecule has 1 aromatic heterocycles. The standard InChI is InChI=1S/C13H22N2O3S2/c1-10-8-19-11(7-14-4)12(10)20(16,17)15-5-6-18-9-13(15,2)3/h8,14H,5-7,9H2,1-4H3. The fraction of sp³-hybridized carbons (Fsp3) is 0.692. The smallest absolute Gasteiger partial charge is 0.245 e. The molecular formula is C13H22N2O3S2. The van der Waals surface area contributed by atoms with Crippen LogP contribution in [-0.4, -0.2) is 45.1 Å². The highest BCUT2D eigenvalue weighted by atomic mass is 32.2. The summed E-state index contributed by atoms with van der Waals surface area (Å²) < 4.78 is 33.1. The zero-order chi connectivity index (χ0) is 15.0. The van der Waals surface area contributed by atoms with E-state index in [1.165, 1.54) is 11.3 Å². The molecule has 1 aliphatic rings. The van der Waals surface area contributed by atoms with Crippen molar-refractivity contribution in [1.29, 1.82) is 0 Å². The van der Waals surface area contributed by atoms with E-state index in [9.17, 15) is 8.42 Å². The number of thiophene rings is 1. The summed E-state index contributed by atoms with van der Waals surface area (Å²) in [5.74, 6) is 0. The number of morpholine rings is 1. The second-order valence-corrected chi connectivity index (χ2v) is 8.41. The van der Waals surface area contributed by atoms with Gasteiger partial charge in [0.05, 0.1) is 18.8 Å². The molecule has 0 saturated carbocycles. The van der Waals surface area contributed by atoms with Gasteiger partial charge in [0.1, 0.15) is 4.90 Å². The predicted molar refractivity (Wildman–Crippen MR) is 80.6 cm³/mol. The van der Waals surface area contributed by atoms with Gasteiger partial charge in [-0.25, -0.2) is 8.42 Å². The molecular weight excluding hydrogens is 296 g/mol.